The summed E-state index contributed by atoms with van der Waals surface area (Å²) in [5.74, 6) is -0.0756. The van der Waals surface area contributed by atoms with Gasteiger partial charge in [0.05, 0.1) is 0 Å². The largest absolute Gasteiger partial charge is 0.364 e. The zero-order valence-corrected chi connectivity index (χ0v) is 10.2. The van der Waals surface area contributed by atoms with E-state index in [1.54, 1.807) is 4.90 Å². The maximum Gasteiger partial charge on any atom is 0.280 e. The number of hydrogen-bond donors (Lipinski definition) is 0. The summed E-state index contributed by atoms with van der Waals surface area (Å²) >= 11 is 0. The standard InChI is InChI=1S/C14H14N2O2/c1-10-9-18-15-13(10)14(17)16-8-4-6-11-5-2-3-7-12(11)16/h2-3,5,7,9H,4,6,8H2,1H3. The Morgan fingerprint density at radius 1 is 1.39 bits per heavy atom. The Morgan fingerprint density at radius 2 is 2.22 bits per heavy atom. The lowest BCUT2D eigenvalue weighted by atomic mass is 10.0. The van der Waals surface area contributed by atoms with Gasteiger partial charge in [-0.1, -0.05) is 23.4 Å². The van der Waals surface area contributed by atoms with E-state index in [1.165, 1.54) is 11.8 Å². The van der Waals surface area contributed by atoms with Gasteiger partial charge in [0.25, 0.3) is 5.91 Å². The van der Waals surface area contributed by atoms with Crippen LogP contribution in [0.2, 0.25) is 0 Å². The van der Waals surface area contributed by atoms with Crippen LogP contribution in [-0.2, 0) is 6.42 Å². The average Bonchev–Trinajstić information content (AvgIpc) is 2.83. The predicted octanol–water partition coefficient (Wildman–Crippen LogP) is 2.58. The van der Waals surface area contributed by atoms with Crippen LogP contribution in [-0.4, -0.2) is 17.6 Å². The summed E-state index contributed by atoms with van der Waals surface area (Å²) in [7, 11) is 0. The van der Waals surface area contributed by atoms with Gasteiger partial charge in [-0.05, 0) is 31.4 Å². The Hall–Kier alpha value is -2.10. The molecule has 1 aliphatic rings. The minimum atomic E-state index is -0.0756. The topological polar surface area (TPSA) is 46.3 Å². The molecule has 0 bridgehead atoms. The molecule has 0 saturated heterocycles. The number of amides is 1. The van der Waals surface area contributed by atoms with Gasteiger partial charge in [-0.15, -0.1) is 0 Å². The first-order valence-corrected chi connectivity index (χ1v) is 6.08. The number of rotatable bonds is 1. The van der Waals surface area contributed by atoms with E-state index >= 15 is 0 Å². The third-order valence-electron chi connectivity index (χ3n) is 3.30. The molecule has 0 atom stereocenters. The zero-order chi connectivity index (χ0) is 12.5. The van der Waals surface area contributed by atoms with Gasteiger partial charge in [0.1, 0.15) is 6.26 Å². The van der Waals surface area contributed by atoms with Crippen molar-refractivity contribution in [2.24, 2.45) is 0 Å². The Bertz CT molecular complexity index is 589. The summed E-state index contributed by atoms with van der Waals surface area (Å²) in [6.45, 7) is 2.57. The molecule has 0 unspecified atom stereocenters. The fraction of sp³-hybridized carbons (Fsp3) is 0.286. The molecule has 4 nitrogen and oxygen atoms in total. The molecule has 3 rings (SSSR count). The molecular formula is C14H14N2O2. The Labute approximate surface area is 105 Å². The Morgan fingerprint density at radius 3 is 3.00 bits per heavy atom. The minimum absolute atomic E-state index is 0.0756. The van der Waals surface area contributed by atoms with E-state index in [4.69, 9.17) is 4.52 Å². The van der Waals surface area contributed by atoms with Gasteiger partial charge in [0.2, 0.25) is 0 Å². The second-order valence-electron chi connectivity index (χ2n) is 4.54. The van der Waals surface area contributed by atoms with Gasteiger partial charge in [0, 0.05) is 17.8 Å². The predicted molar refractivity (Wildman–Crippen MR) is 67.7 cm³/mol. The van der Waals surface area contributed by atoms with Gasteiger partial charge in [-0.3, -0.25) is 4.79 Å². The average molecular weight is 242 g/mol. The van der Waals surface area contributed by atoms with E-state index in [-0.39, 0.29) is 5.91 Å². The number of hydrogen-bond acceptors (Lipinski definition) is 3. The van der Waals surface area contributed by atoms with Crippen LogP contribution in [0.1, 0.15) is 28.0 Å². The van der Waals surface area contributed by atoms with E-state index < -0.39 is 0 Å². The van der Waals surface area contributed by atoms with Crippen molar-refractivity contribution in [3.8, 4) is 0 Å². The third kappa shape index (κ3) is 1.70. The van der Waals surface area contributed by atoms with Crippen LogP contribution >= 0.6 is 0 Å². The van der Waals surface area contributed by atoms with Crippen molar-refractivity contribution < 1.29 is 9.32 Å². The third-order valence-corrected chi connectivity index (χ3v) is 3.30. The highest BCUT2D eigenvalue weighted by atomic mass is 16.5. The van der Waals surface area contributed by atoms with Crippen molar-refractivity contribution in [3.63, 3.8) is 0 Å². The molecule has 1 aliphatic heterocycles. The monoisotopic (exact) mass is 242 g/mol. The first-order chi connectivity index (χ1) is 8.77. The highest BCUT2D eigenvalue weighted by Crippen LogP contribution is 2.28. The highest BCUT2D eigenvalue weighted by Gasteiger charge is 2.26. The Balaban J connectivity index is 2.00. The van der Waals surface area contributed by atoms with Crippen LogP contribution in [0.25, 0.3) is 0 Å². The summed E-state index contributed by atoms with van der Waals surface area (Å²) in [5.41, 5.74) is 3.41. The van der Waals surface area contributed by atoms with Crippen LogP contribution in [0.5, 0.6) is 0 Å². The highest BCUT2D eigenvalue weighted by molar-refractivity contribution is 6.06. The van der Waals surface area contributed by atoms with Crippen molar-refractivity contribution >= 4 is 11.6 Å². The van der Waals surface area contributed by atoms with Gasteiger partial charge < -0.3 is 9.42 Å². The normalized spacial score (nSPS) is 14.4. The first-order valence-electron chi connectivity index (χ1n) is 6.08. The smallest absolute Gasteiger partial charge is 0.280 e. The molecular weight excluding hydrogens is 228 g/mol. The molecule has 18 heavy (non-hydrogen) atoms. The SMILES string of the molecule is Cc1conc1C(=O)N1CCCc2ccccc21. The second kappa shape index (κ2) is 4.29. The van der Waals surface area contributed by atoms with Gasteiger partial charge >= 0.3 is 0 Å². The summed E-state index contributed by atoms with van der Waals surface area (Å²) < 4.78 is 4.85. The molecule has 1 aromatic carbocycles. The summed E-state index contributed by atoms with van der Waals surface area (Å²) in [6, 6.07) is 8.03. The Kier molecular flexibility index (Phi) is 2.63. The van der Waals surface area contributed by atoms with E-state index in [2.05, 4.69) is 11.2 Å². The minimum Gasteiger partial charge on any atom is -0.364 e. The molecule has 0 spiro atoms. The molecule has 92 valence electrons. The molecule has 1 aromatic heterocycles. The maximum absolute atomic E-state index is 12.4. The first kappa shape index (κ1) is 11.0. The van der Waals surface area contributed by atoms with Crippen LogP contribution < -0.4 is 4.90 Å². The van der Waals surface area contributed by atoms with Crippen molar-refractivity contribution in [2.75, 3.05) is 11.4 Å². The lowest BCUT2D eigenvalue weighted by Crippen LogP contribution is -2.36. The van der Waals surface area contributed by atoms with Crippen molar-refractivity contribution in [1.82, 2.24) is 5.16 Å². The van der Waals surface area contributed by atoms with Crippen LogP contribution in [0.4, 0.5) is 5.69 Å². The lowest BCUT2D eigenvalue weighted by molar-refractivity contribution is 0.0976. The van der Waals surface area contributed by atoms with E-state index in [9.17, 15) is 4.79 Å². The van der Waals surface area contributed by atoms with Crippen molar-refractivity contribution in [2.45, 2.75) is 19.8 Å². The quantitative estimate of drug-likeness (QED) is 0.772. The van der Waals surface area contributed by atoms with Crippen LogP contribution in [0, 0.1) is 6.92 Å². The number of aromatic nitrogens is 1. The van der Waals surface area contributed by atoms with E-state index in [1.807, 2.05) is 25.1 Å². The molecule has 4 heteroatoms. The molecule has 0 N–H and O–H groups in total. The zero-order valence-electron chi connectivity index (χ0n) is 10.2. The molecule has 0 radical (unpaired) electrons. The fourth-order valence-corrected chi connectivity index (χ4v) is 2.37. The van der Waals surface area contributed by atoms with Gasteiger partial charge in [-0.25, -0.2) is 0 Å². The molecule has 1 amide bonds. The van der Waals surface area contributed by atoms with Crippen LogP contribution in [0.15, 0.2) is 35.1 Å². The molecule has 0 fully saturated rings. The second-order valence-corrected chi connectivity index (χ2v) is 4.54. The van der Waals surface area contributed by atoms with Gasteiger partial charge in [0.15, 0.2) is 5.69 Å². The van der Waals surface area contributed by atoms with Crippen LogP contribution in [0.3, 0.4) is 0 Å². The summed E-state index contributed by atoms with van der Waals surface area (Å²) in [4.78, 5) is 14.2. The van der Waals surface area contributed by atoms with E-state index in [0.29, 0.717) is 5.69 Å². The van der Waals surface area contributed by atoms with Crippen molar-refractivity contribution in [1.29, 1.82) is 0 Å². The maximum atomic E-state index is 12.4. The lowest BCUT2D eigenvalue weighted by Gasteiger charge is -2.28. The summed E-state index contributed by atoms with van der Waals surface area (Å²) in [5, 5.41) is 3.80. The number of aryl methyl sites for hydroxylation is 2. The fourth-order valence-electron chi connectivity index (χ4n) is 2.37. The number of carbonyl (C=O) groups is 1. The molecule has 0 saturated carbocycles. The number of anilines is 1. The number of benzene rings is 1. The van der Waals surface area contributed by atoms with E-state index in [0.717, 1.165) is 30.6 Å². The molecule has 2 heterocycles. The van der Waals surface area contributed by atoms with Gasteiger partial charge in [-0.2, -0.15) is 0 Å². The number of nitrogens with zero attached hydrogens (tertiary/aromatic N) is 2. The molecule has 0 aliphatic carbocycles. The number of carbonyl (C=O) groups excluding carboxylic acids is 1. The molecule has 2 aromatic rings. The summed E-state index contributed by atoms with van der Waals surface area (Å²) in [6.07, 6.45) is 3.51. The number of fused-ring (bicyclic) bond motifs is 1. The van der Waals surface area contributed by atoms with Crippen molar-refractivity contribution in [3.05, 3.63) is 47.3 Å². The number of para-hydroxylation sites is 1.